The zero-order valence-electron chi connectivity index (χ0n) is 14.3. The maximum absolute atomic E-state index is 11.2. The van der Waals surface area contributed by atoms with Crippen LogP contribution in [0.2, 0.25) is 0 Å². The maximum atomic E-state index is 11.2. The van der Waals surface area contributed by atoms with Crippen LogP contribution in [0.5, 0.6) is 11.5 Å². The van der Waals surface area contributed by atoms with E-state index in [1.807, 2.05) is 38.1 Å². The molecule has 2 N–H and O–H groups in total. The lowest BCUT2D eigenvalue weighted by molar-refractivity contribution is -0.114. The second kappa shape index (κ2) is 8.55. The summed E-state index contributed by atoms with van der Waals surface area (Å²) in [6, 6.07) is 15.1. The zero-order chi connectivity index (χ0) is 18.2. The number of carbonyl (C=O) groups excluding carboxylic acids is 1. The van der Waals surface area contributed by atoms with Gasteiger partial charge in [0.25, 0.3) is 5.91 Å². The lowest BCUT2D eigenvalue weighted by atomic mass is 10.1. The molecule has 0 fully saturated rings. The molecule has 0 saturated carbocycles. The van der Waals surface area contributed by atoms with Crippen molar-refractivity contribution in [3.8, 4) is 17.6 Å². The summed E-state index contributed by atoms with van der Waals surface area (Å²) in [7, 11) is 0. The number of aryl methyl sites for hydroxylation is 1. The van der Waals surface area contributed by atoms with Crippen molar-refractivity contribution in [3.05, 3.63) is 64.7 Å². The highest BCUT2D eigenvalue weighted by atomic mass is 16.5. The number of nitriles is 1. The predicted molar refractivity (Wildman–Crippen MR) is 95.9 cm³/mol. The Morgan fingerprint density at radius 3 is 2.48 bits per heavy atom. The molecule has 2 rings (SSSR count). The topological polar surface area (TPSA) is 85.3 Å². The molecule has 2 aromatic carbocycles. The lowest BCUT2D eigenvalue weighted by Gasteiger charge is -2.13. The Balaban J connectivity index is 2.22. The SMILES string of the molecule is CCOc1cc(/C=C(/C#N)C(N)=O)ccc1OCc1ccc(C)cc1. The quantitative estimate of drug-likeness (QED) is 0.620. The first-order chi connectivity index (χ1) is 12.0. The number of ether oxygens (including phenoxy) is 2. The number of hydrogen-bond donors (Lipinski definition) is 1. The average molecular weight is 336 g/mol. The van der Waals surface area contributed by atoms with Gasteiger partial charge in [0.1, 0.15) is 18.2 Å². The Bertz CT molecular complexity index is 818. The van der Waals surface area contributed by atoms with Gasteiger partial charge in [-0.2, -0.15) is 5.26 Å². The van der Waals surface area contributed by atoms with E-state index in [1.54, 1.807) is 24.3 Å². The highest BCUT2D eigenvalue weighted by Gasteiger charge is 2.09. The molecule has 5 heteroatoms. The van der Waals surface area contributed by atoms with E-state index in [2.05, 4.69) is 0 Å². The van der Waals surface area contributed by atoms with Gasteiger partial charge in [-0.1, -0.05) is 35.9 Å². The summed E-state index contributed by atoms with van der Waals surface area (Å²) in [5.41, 5.74) is 7.93. The molecule has 0 atom stereocenters. The van der Waals surface area contributed by atoms with E-state index in [4.69, 9.17) is 20.5 Å². The molecule has 0 aromatic heterocycles. The normalized spacial score (nSPS) is 10.8. The van der Waals surface area contributed by atoms with E-state index in [1.165, 1.54) is 11.6 Å². The molecule has 0 heterocycles. The maximum Gasteiger partial charge on any atom is 0.259 e. The molecule has 0 unspecified atom stereocenters. The molecule has 5 nitrogen and oxygen atoms in total. The number of nitrogens with zero attached hydrogens (tertiary/aromatic N) is 1. The van der Waals surface area contributed by atoms with E-state index in [-0.39, 0.29) is 5.57 Å². The first-order valence-electron chi connectivity index (χ1n) is 7.90. The molecule has 0 aliphatic rings. The Hall–Kier alpha value is -3.26. The standard InChI is InChI=1S/C20H20N2O3/c1-3-24-19-11-16(10-17(12-21)20(22)23)8-9-18(19)25-13-15-6-4-14(2)5-7-15/h4-11H,3,13H2,1-2H3,(H2,22,23)/b17-10-. The molecule has 2 aromatic rings. The number of nitrogens with two attached hydrogens (primary N) is 1. The van der Waals surface area contributed by atoms with Crippen LogP contribution in [-0.4, -0.2) is 12.5 Å². The van der Waals surface area contributed by atoms with Crippen LogP contribution >= 0.6 is 0 Å². The van der Waals surface area contributed by atoms with E-state index < -0.39 is 5.91 Å². The highest BCUT2D eigenvalue weighted by Crippen LogP contribution is 2.30. The fraction of sp³-hybridized carbons (Fsp3) is 0.200. The van der Waals surface area contributed by atoms with Crippen LogP contribution in [-0.2, 0) is 11.4 Å². The van der Waals surface area contributed by atoms with Crippen molar-refractivity contribution in [3.63, 3.8) is 0 Å². The molecule has 0 aliphatic heterocycles. The molecular weight excluding hydrogens is 316 g/mol. The summed E-state index contributed by atoms with van der Waals surface area (Å²) >= 11 is 0. The summed E-state index contributed by atoms with van der Waals surface area (Å²) in [5.74, 6) is 0.377. The third-order valence-electron chi connectivity index (χ3n) is 3.48. The van der Waals surface area contributed by atoms with Gasteiger partial charge in [0.2, 0.25) is 0 Å². The van der Waals surface area contributed by atoms with Crippen LogP contribution in [0.25, 0.3) is 6.08 Å². The van der Waals surface area contributed by atoms with Crippen molar-refractivity contribution in [1.29, 1.82) is 5.26 Å². The lowest BCUT2D eigenvalue weighted by Crippen LogP contribution is -2.12. The van der Waals surface area contributed by atoms with Gasteiger partial charge < -0.3 is 15.2 Å². The second-order valence-electron chi connectivity index (χ2n) is 5.45. The summed E-state index contributed by atoms with van der Waals surface area (Å²) in [6.07, 6.45) is 1.43. The van der Waals surface area contributed by atoms with Crippen molar-refractivity contribution >= 4 is 12.0 Å². The summed E-state index contributed by atoms with van der Waals surface area (Å²) in [4.78, 5) is 11.2. The van der Waals surface area contributed by atoms with Crippen molar-refractivity contribution in [2.24, 2.45) is 5.73 Å². The van der Waals surface area contributed by atoms with Gasteiger partial charge >= 0.3 is 0 Å². The molecule has 1 amide bonds. The van der Waals surface area contributed by atoms with Crippen LogP contribution in [0, 0.1) is 18.3 Å². The van der Waals surface area contributed by atoms with Crippen LogP contribution in [0.1, 0.15) is 23.6 Å². The number of rotatable bonds is 7. The van der Waals surface area contributed by atoms with Crippen LogP contribution in [0.15, 0.2) is 48.0 Å². The van der Waals surface area contributed by atoms with Gasteiger partial charge in [-0.15, -0.1) is 0 Å². The minimum absolute atomic E-state index is 0.115. The molecular formula is C20H20N2O3. The Labute approximate surface area is 147 Å². The fourth-order valence-corrected chi connectivity index (χ4v) is 2.17. The third-order valence-corrected chi connectivity index (χ3v) is 3.48. The first-order valence-corrected chi connectivity index (χ1v) is 7.90. The molecule has 0 saturated heterocycles. The number of primary amides is 1. The third kappa shape index (κ3) is 5.11. The number of carbonyl (C=O) groups is 1. The van der Waals surface area contributed by atoms with Gasteiger partial charge in [-0.25, -0.2) is 0 Å². The average Bonchev–Trinajstić information content (AvgIpc) is 2.60. The molecule has 0 radical (unpaired) electrons. The van der Waals surface area contributed by atoms with Gasteiger partial charge in [0.05, 0.1) is 6.61 Å². The summed E-state index contributed by atoms with van der Waals surface area (Å²) < 4.78 is 11.5. The molecule has 0 spiro atoms. The zero-order valence-corrected chi connectivity index (χ0v) is 14.3. The smallest absolute Gasteiger partial charge is 0.259 e. The summed E-state index contributed by atoms with van der Waals surface area (Å²) in [5, 5.41) is 8.94. The molecule has 0 aliphatic carbocycles. The first kappa shape index (κ1) is 18.1. The van der Waals surface area contributed by atoms with Crippen molar-refractivity contribution in [1.82, 2.24) is 0 Å². The van der Waals surface area contributed by atoms with Crippen LogP contribution in [0.4, 0.5) is 0 Å². The molecule has 128 valence electrons. The van der Waals surface area contributed by atoms with Crippen LogP contribution in [0.3, 0.4) is 0 Å². The van der Waals surface area contributed by atoms with E-state index in [0.29, 0.717) is 30.3 Å². The second-order valence-corrected chi connectivity index (χ2v) is 5.45. The number of benzene rings is 2. The van der Waals surface area contributed by atoms with E-state index in [9.17, 15) is 4.79 Å². The van der Waals surface area contributed by atoms with Crippen molar-refractivity contribution in [2.45, 2.75) is 20.5 Å². The molecule has 25 heavy (non-hydrogen) atoms. The van der Waals surface area contributed by atoms with Gasteiger partial charge in [0, 0.05) is 0 Å². The largest absolute Gasteiger partial charge is 0.490 e. The fourth-order valence-electron chi connectivity index (χ4n) is 2.17. The highest BCUT2D eigenvalue weighted by molar-refractivity contribution is 6.00. The minimum Gasteiger partial charge on any atom is -0.490 e. The van der Waals surface area contributed by atoms with Crippen molar-refractivity contribution in [2.75, 3.05) is 6.61 Å². The predicted octanol–water partition coefficient (Wildman–Crippen LogP) is 3.37. The van der Waals surface area contributed by atoms with E-state index in [0.717, 1.165) is 5.56 Å². The molecule has 0 bridgehead atoms. The summed E-state index contributed by atoms with van der Waals surface area (Å²) in [6.45, 7) is 4.79. The minimum atomic E-state index is -0.764. The van der Waals surface area contributed by atoms with Crippen molar-refractivity contribution < 1.29 is 14.3 Å². The Morgan fingerprint density at radius 2 is 1.88 bits per heavy atom. The number of hydrogen-bond acceptors (Lipinski definition) is 4. The number of amides is 1. The van der Waals surface area contributed by atoms with Gasteiger partial charge in [-0.05, 0) is 43.2 Å². The Kier molecular flexibility index (Phi) is 6.19. The van der Waals surface area contributed by atoms with Gasteiger partial charge in [0.15, 0.2) is 11.5 Å². The monoisotopic (exact) mass is 336 g/mol. The van der Waals surface area contributed by atoms with E-state index >= 15 is 0 Å². The van der Waals surface area contributed by atoms with Crippen LogP contribution < -0.4 is 15.2 Å². The Morgan fingerprint density at radius 1 is 1.16 bits per heavy atom. The van der Waals surface area contributed by atoms with Gasteiger partial charge in [-0.3, -0.25) is 4.79 Å².